The van der Waals surface area contributed by atoms with Crippen molar-refractivity contribution in [3.63, 3.8) is 0 Å². The van der Waals surface area contributed by atoms with Crippen LogP contribution in [0.5, 0.6) is 0 Å². The molecule has 0 fully saturated rings. The minimum Gasteiger partial charge on any atom is -0.465 e. The maximum absolute atomic E-state index is 12.7. The van der Waals surface area contributed by atoms with Gasteiger partial charge in [0, 0.05) is 10.9 Å². The Hall–Kier alpha value is -2.79. The Morgan fingerprint density at radius 2 is 1.88 bits per heavy atom. The molecular weight excluding hydrogens is 340 g/mol. The first-order chi connectivity index (χ1) is 11.9. The van der Waals surface area contributed by atoms with Gasteiger partial charge in [-0.15, -0.1) is 0 Å². The van der Waals surface area contributed by atoms with Crippen LogP contribution in [0.15, 0.2) is 36.4 Å². The van der Waals surface area contributed by atoms with E-state index in [0.717, 1.165) is 22.0 Å². The number of benzene rings is 2. The molecule has 0 saturated heterocycles. The molecule has 128 valence electrons. The molecule has 3 aromatic rings. The molecule has 0 bridgehead atoms. The number of methoxy groups -OCH3 is 1. The van der Waals surface area contributed by atoms with Gasteiger partial charge >= 0.3 is 5.97 Å². The van der Waals surface area contributed by atoms with Crippen LogP contribution in [-0.4, -0.2) is 24.0 Å². The molecule has 3 rings (SSSR count). The molecule has 2 N–H and O–H groups in total. The highest BCUT2D eigenvalue weighted by Crippen LogP contribution is 2.26. The number of H-pyrrole nitrogens is 1. The summed E-state index contributed by atoms with van der Waals surface area (Å²) in [7, 11) is 1.30. The lowest BCUT2D eigenvalue weighted by Gasteiger charge is -2.09. The molecule has 1 amide bonds. The standard InChI is InChI=1S/C19H17ClN2O3/c1-10-4-6-13-11(2)17(21-15(13)8-10)18(23)22-16-9-12(19(24)25-3)5-7-14(16)20/h4-9,21H,1-3H3,(H,22,23). The molecule has 0 atom stereocenters. The molecule has 25 heavy (non-hydrogen) atoms. The predicted molar refractivity (Wildman–Crippen MR) is 98.5 cm³/mol. The maximum Gasteiger partial charge on any atom is 0.337 e. The average Bonchev–Trinajstić information content (AvgIpc) is 2.92. The van der Waals surface area contributed by atoms with Gasteiger partial charge in [-0.05, 0) is 49.2 Å². The number of nitrogens with one attached hydrogen (secondary N) is 2. The minimum absolute atomic E-state index is 0.311. The summed E-state index contributed by atoms with van der Waals surface area (Å²) in [6, 6.07) is 10.6. The highest BCUT2D eigenvalue weighted by molar-refractivity contribution is 6.34. The van der Waals surface area contributed by atoms with E-state index in [-0.39, 0.29) is 5.91 Å². The minimum atomic E-state index is -0.496. The van der Waals surface area contributed by atoms with Crippen molar-refractivity contribution in [2.75, 3.05) is 12.4 Å². The first-order valence-corrected chi connectivity index (χ1v) is 8.06. The number of rotatable bonds is 3. The highest BCUT2D eigenvalue weighted by atomic mass is 35.5. The number of carbonyl (C=O) groups excluding carboxylic acids is 2. The van der Waals surface area contributed by atoms with Crippen LogP contribution in [0.1, 0.15) is 32.0 Å². The number of esters is 1. The smallest absolute Gasteiger partial charge is 0.337 e. The van der Waals surface area contributed by atoms with Gasteiger partial charge in [0.05, 0.1) is 23.4 Å². The number of ether oxygens (including phenoxy) is 1. The number of aryl methyl sites for hydroxylation is 2. The summed E-state index contributed by atoms with van der Waals surface area (Å²) >= 11 is 6.14. The molecule has 2 aromatic carbocycles. The Kier molecular flexibility index (Phi) is 4.51. The Balaban J connectivity index is 1.95. The largest absolute Gasteiger partial charge is 0.465 e. The fourth-order valence-electron chi connectivity index (χ4n) is 2.73. The third kappa shape index (κ3) is 3.23. The molecule has 1 heterocycles. The quantitative estimate of drug-likeness (QED) is 0.680. The molecule has 0 radical (unpaired) electrons. The zero-order chi connectivity index (χ0) is 18.1. The van der Waals surface area contributed by atoms with Crippen LogP contribution in [0.3, 0.4) is 0 Å². The Bertz CT molecular complexity index is 992. The summed E-state index contributed by atoms with van der Waals surface area (Å²) in [5.41, 5.74) is 3.98. The zero-order valence-corrected chi connectivity index (χ0v) is 14.8. The number of aromatic amines is 1. The van der Waals surface area contributed by atoms with E-state index in [0.29, 0.717) is 22.0 Å². The van der Waals surface area contributed by atoms with Gasteiger partial charge in [0.15, 0.2) is 0 Å². The van der Waals surface area contributed by atoms with E-state index in [1.165, 1.54) is 13.2 Å². The van der Waals surface area contributed by atoms with Gasteiger partial charge in [0.1, 0.15) is 5.69 Å². The second kappa shape index (κ2) is 6.61. The number of anilines is 1. The third-order valence-corrected chi connectivity index (χ3v) is 4.41. The van der Waals surface area contributed by atoms with E-state index >= 15 is 0 Å². The molecule has 5 nitrogen and oxygen atoms in total. The maximum atomic E-state index is 12.7. The number of amides is 1. The molecule has 0 aliphatic heterocycles. The Labute approximate surface area is 149 Å². The zero-order valence-electron chi connectivity index (χ0n) is 14.1. The van der Waals surface area contributed by atoms with Gasteiger partial charge in [-0.3, -0.25) is 4.79 Å². The molecule has 0 saturated carbocycles. The van der Waals surface area contributed by atoms with Crippen molar-refractivity contribution in [2.45, 2.75) is 13.8 Å². The van der Waals surface area contributed by atoms with Crippen molar-refractivity contribution in [1.82, 2.24) is 4.98 Å². The van der Waals surface area contributed by atoms with Crippen LogP contribution in [0.2, 0.25) is 5.02 Å². The molecule has 0 unspecified atom stereocenters. The lowest BCUT2D eigenvalue weighted by Crippen LogP contribution is -2.14. The van der Waals surface area contributed by atoms with Gasteiger partial charge in [0.2, 0.25) is 0 Å². The summed E-state index contributed by atoms with van der Waals surface area (Å²) in [6.45, 7) is 3.88. The molecule has 0 aliphatic rings. The van der Waals surface area contributed by atoms with Crippen molar-refractivity contribution in [3.8, 4) is 0 Å². The summed E-state index contributed by atoms with van der Waals surface area (Å²) in [4.78, 5) is 27.5. The van der Waals surface area contributed by atoms with Crippen LogP contribution in [-0.2, 0) is 4.74 Å². The van der Waals surface area contributed by atoms with Crippen LogP contribution >= 0.6 is 11.6 Å². The van der Waals surface area contributed by atoms with E-state index in [9.17, 15) is 9.59 Å². The van der Waals surface area contributed by atoms with E-state index in [2.05, 4.69) is 10.3 Å². The number of hydrogen-bond acceptors (Lipinski definition) is 3. The monoisotopic (exact) mass is 356 g/mol. The summed E-state index contributed by atoms with van der Waals surface area (Å²) in [5.74, 6) is -0.820. The van der Waals surface area contributed by atoms with Gasteiger partial charge in [-0.2, -0.15) is 0 Å². The summed E-state index contributed by atoms with van der Waals surface area (Å²) in [6.07, 6.45) is 0. The second-order valence-electron chi connectivity index (χ2n) is 5.81. The summed E-state index contributed by atoms with van der Waals surface area (Å²) < 4.78 is 4.69. The molecule has 0 spiro atoms. The first-order valence-electron chi connectivity index (χ1n) is 7.69. The number of hydrogen-bond donors (Lipinski definition) is 2. The van der Waals surface area contributed by atoms with E-state index in [4.69, 9.17) is 16.3 Å². The van der Waals surface area contributed by atoms with Gasteiger partial charge in [-0.1, -0.05) is 23.7 Å². The van der Waals surface area contributed by atoms with Crippen molar-refractivity contribution in [3.05, 3.63) is 63.8 Å². The van der Waals surface area contributed by atoms with Crippen molar-refractivity contribution >= 4 is 40.1 Å². The SMILES string of the molecule is COC(=O)c1ccc(Cl)c(NC(=O)c2[nH]c3cc(C)ccc3c2C)c1. The van der Waals surface area contributed by atoms with Crippen LogP contribution in [0.4, 0.5) is 5.69 Å². The average molecular weight is 357 g/mol. The van der Waals surface area contributed by atoms with Crippen molar-refractivity contribution in [1.29, 1.82) is 0 Å². The first kappa shape index (κ1) is 17.0. The predicted octanol–water partition coefficient (Wildman–Crippen LogP) is 4.48. The lowest BCUT2D eigenvalue weighted by molar-refractivity contribution is 0.0600. The van der Waals surface area contributed by atoms with E-state index in [1.807, 2.05) is 32.0 Å². The van der Waals surface area contributed by atoms with E-state index in [1.54, 1.807) is 12.1 Å². The van der Waals surface area contributed by atoms with Gasteiger partial charge in [-0.25, -0.2) is 4.79 Å². The Morgan fingerprint density at radius 3 is 2.60 bits per heavy atom. The van der Waals surface area contributed by atoms with Gasteiger partial charge in [0.25, 0.3) is 5.91 Å². The van der Waals surface area contributed by atoms with Crippen LogP contribution in [0.25, 0.3) is 10.9 Å². The number of carbonyl (C=O) groups is 2. The van der Waals surface area contributed by atoms with E-state index < -0.39 is 5.97 Å². The number of halogens is 1. The Morgan fingerprint density at radius 1 is 1.12 bits per heavy atom. The third-order valence-electron chi connectivity index (χ3n) is 4.08. The second-order valence-corrected chi connectivity index (χ2v) is 6.22. The summed E-state index contributed by atoms with van der Waals surface area (Å²) in [5, 5.41) is 4.08. The van der Waals surface area contributed by atoms with Crippen LogP contribution < -0.4 is 5.32 Å². The molecular formula is C19H17ClN2O3. The van der Waals surface area contributed by atoms with Crippen molar-refractivity contribution < 1.29 is 14.3 Å². The highest BCUT2D eigenvalue weighted by Gasteiger charge is 2.17. The topological polar surface area (TPSA) is 71.2 Å². The normalized spacial score (nSPS) is 10.7. The molecule has 1 aromatic heterocycles. The van der Waals surface area contributed by atoms with Crippen molar-refractivity contribution in [2.24, 2.45) is 0 Å². The number of fused-ring (bicyclic) bond motifs is 1. The molecule has 0 aliphatic carbocycles. The number of aromatic nitrogens is 1. The van der Waals surface area contributed by atoms with Crippen LogP contribution in [0, 0.1) is 13.8 Å². The lowest BCUT2D eigenvalue weighted by atomic mass is 10.1. The fourth-order valence-corrected chi connectivity index (χ4v) is 2.89. The molecule has 6 heteroatoms. The van der Waals surface area contributed by atoms with Gasteiger partial charge < -0.3 is 15.0 Å². The fraction of sp³-hybridized carbons (Fsp3) is 0.158.